The van der Waals surface area contributed by atoms with Gasteiger partial charge in [0.25, 0.3) is 10.0 Å². The van der Waals surface area contributed by atoms with Crippen LogP contribution < -0.4 is 10.0 Å². The zero-order valence-corrected chi connectivity index (χ0v) is 11.2. The van der Waals surface area contributed by atoms with Crippen LogP contribution in [-0.4, -0.2) is 47.6 Å². The summed E-state index contributed by atoms with van der Waals surface area (Å²) in [5.74, 6) is 0.609. The maximum atomic E-state index is 11.4. The van der Waals surface area contributed by atoms with E-state index in [1.165, 1.54) is 13.1 Å². The second kappa shape index (κ2) is 6.15. The number of hydrogen-bond donors (Lipinski definition) is 2. The molecule has 0 fully saturated rings. The summed E-state index contributed by atoms with van der Waals surface area (Å²) in [5.41, 5.74) is 0. The Morgan fingerprint density at radius 1 is 1.35 bits per heavy atom. The van der Waals surface area contributed by atoms with Crippen LogP contribution in [0.25, 0.3) is 0 Å². The lowest BCUT2D eigenvalue weighted by Gasteiger charge is -2.09. The van der Waals surface area contributed by atoms with E-state index >= 15 is 0 Å². The molecular formula is C10H19N3O3S. The SMILES string of the molecule is CNS(=O)(=O)c1ccc(CNCCN(C)C)o1. The predicted molar refractivity (Wildman–Crippen MR) is 65.2 cm³/mol. The molecule has 6 nitrogen and oxygen atoms in total. The highest BCUT2D eigenvalue weighted by molar-refractivity contribution is 7.89. The van der Waals surface area contributed by atoms with Crippen molar-refractivity contribution in [3.63, 3.8) is 0 Å². The van der Waals surface area contributed by atoms with Crippen molar-refractivity contribution in [1.29, 1.82) is 0 Å². The zero-order valence-electron chi connectivity index (χ0n) is 10.4. The summed E-state index contributed by atoms with van der Waals surface area (Å²) in [5, 5.41) is 3.11. The highest BCUT2D eigenvalue weighted by atomic mass is 32.2. The molecule has 7 heteroatoms. The van der Waals surface area contributed by atoms with Gasteiger partial charge in [0.15, 0.2) is 0 Å². The number of furan rings is 1. The Morgan fingerprint density at radius 3 is 2.65 bits per heavy atom. The molecule has 0 unspecified atom stereocenters. The van der Waals surface area contributed by atoms with Crippen molar-refractivity contribution >= 4 is 10.0 Å². The maximum absolute atomic E-state index is 11.4. The molecule has 0 aromatic carbocycles. The van der Waals surface area contributed by atoms with Crippen LogP contribution in [0.3, 0.4) is 0 Å². The number of likely N-dealkylation sites (N-methyl/N-ethyl adjacent to an activating group) is 1. The van der Waals surface area contributed by atoms with Crippen molar-refractivity contribution in [2.75, 3.05) is 34.2 Å². The summed E-state index contributed by atoms with van der Waals surface area (Å²) in [7, 11) is 1.86. The molecule has 0 saturated heterocycles. The molecule has 0 aliphatic heterocycles. The largest absolute Gasteiger partial charge is 0.447 e. The van der Waals surface area contributed by atoms with Crippen molar-refractivity contribution in [3.8, 4) is 0 Å². The van der Waals surface area contributed by atoms with Gasteiger partial charge in [-0.3, -0.25) is 0 Å². The van der Waals surface area contributed by atoms with E-state index in [-0.39, 0.29) is 5.09 Å². The van der Waals surface area contributed by atoms with Crippen molar-refractivity contribution in [2.24, 2.45) is 0 Å². The molecule has 0 atom stereocenters. The van der Waals surface area contributed by atoms with Gasteiger partial charge >= 0.3 is 0 Å². The van der Waals surface area contributed by atoms with E-state index in [1.807, 2.05) is 14.1 Å². The Labute approximate surface area is 102 Å². The first-order valence-corrected chi connectivity index (χ1v) is 6.81. The van der Waals surface area contributed by atoms with Gasteiger partial charge in [-0.15, -0.1) is 0 Å². The van der Waals surface area contributed by atoms with Crippen molar-refractivity contribution in [3.05, 3.63) is 17.9 Å². The Morgan fingerprint density at radius 2 is 2.06 bits per heavy atom. The van der Waals surface area contributed by atoms with Crippen molar-refractivity contribution in [1.82, 2.24) is 14.9 Å². The van der Waals surface area contributed by atoms with Crippen LogP contribution >= 0.6 is 0 Å². The average Bonchev–Trinajstić information content (AvgIpc) is 2.73. The molecule has 0 aliphatic carbocycles. The van der Waals surface area contributed by atoms with E-state index < -0.39 is 10.0 Å². The van der Waals surface area contributed by atoms with Gasteiger partial charge < -0.3 is 14.6 Å². The molecular weight excluding hydrogens is 242 g/mol. The number of nitrogens with zero attached hydrogens (tertiary/aromatic N) is 1. The Balaban J connectivity index is 2.47. The predicted octanol–water partition coefficient (Wildman–Crippen LogP) is -0.161. The topological polar surface area (TPSA) is 74.6 Å². The van der Waals surface area contributed by atoms with Crippen LogP contribution in [0.5, 0.6) is 0 Å². The van der Waals surface area contributed by atoms with Crippen LogP contribution in [-0.2, 0) is 16.6 Å². The summed E-state index contributed by atoms with van der Waals surface area (Å²) in [6, 6.07) is 3.11. The lowest BCUT2D eigenvalue weighted by atomic mass is 10.4. The van der Waals surface area contributed by atoms with E-state index in [0.717, 1.165) is 13.1 Å². The molecule has 1 heterocycles. The van der Waals surface area contributed by atoms with Crippen LogP contribution in [0.2, 0.25) is 0 Å². The molecule has 17 heavy (non-hydrogen) atoms. The number of hydrogen-bond acceptors (Lipinski definition) is 5. The molecule has 2 N–H and O–H groups in total. The second-order valence-electron chi connectivity index (χ2n) is 3.91. The van der Waals surface area contributed by atoms with Crippen molar-refractivity contribution < 1.29 is 12.8 Å². The van der Waals surface area contributed by atoms with Gasteiger partial charge in [0.1, 0.15) is 5.76 Å². The van der Waals surface area contributed by atoms with Gasteiger partial charge in [-0.05, 0) is 33.3 Å². The first-order valence-electron chi connectivity index (χ1n) is 5.33. The summed E-state index contributed by atoms with van der Waals surface area (Å²) in [4.78, 5) is 2.06. The molecule has 0 bridgehead atoms. The fraction of sp³-hybridized carbons (Fsp3) is 0.600. The lowest BCUT2D eigenvalue weighted by Crippen LogP contribution is -2.26. The fourth-order valence-electron chi connectivity index (χ4n) is 1.21. The fourth-order valence-corrected chi connectivity index (χ4v) is 1.88. The third-order valence-corrected chi connectivity index (χ3v) is 3.49. The molecule has 98 valence electrons. The van der Waals surface area contributed by atoms with Gasteiger partial charge in [0, 0.05) is 13.1 Å². The van der Waals surface area contributed by atoms with E-state index in [2.05, 4.69) is 14.9 Å². The average molecular weight is 261 g/mol. The van der Waals surface area contributed by atoms with Gasteiger partial charge in [-0.1, -0.05) is 0 Å². The molecule has 0 saturated carbocycles. The van der Waals surface area contributed by atoms with E-state index in [1.54, 1.807) is 6.07 Å². The van der Waals surface area contributed by atoms with Gasteiger partial charge in [0.05, 0.1) is 6.54 Å². The molecule has 0 amide bonds. The maximum Gasteiger partial charge on any atom is 0.273 e. The minimum atomic E-state index is -3.47. The van der Waals surface area contributed by atoms with Crippen LogP contribution in [0, 0.1) is 0 Å². The summed E-state index contributed by atoms with van der Waals surface area (Å²) in [6.07, 6.45) is 0. The first-order chi connectivity index (χ1) is 7.95. The summed E-state index contributed by atoms with van der Waals surface area (Å²) >= 11 is 0. The van der Waals surface area contributed by atoms with E-state index in [4.69, 9.17) is 4.42 Å². The third kappa shape index (κ3) is 4.47. The third-order valence-electron chi connectivity index (χ3n) is 2.21. The lowest BCUT2D eigenvalue weighted by molar-refractivity contribution is 0.376. The monoisotopic (exact) mass is 261 g/mol. The highest BCUT2D eigenvalue weighted by Gasteiger charge is 2.15. The summed E-state index contributed by atoms with van der Waals surface area (Å²) < 4.78 is 30.2. The zero-order chi connectivity index (χ0) is 12.9. The van der Waals surface area contributed by atoms with Crippen LogP contribution in [0.15, 0.2) is 21.6 Å². The number of sulfonamides is 1. The summed E-state index contributed by atoms with van der Waals surface area (Å²) in [6.45, 7) is 2.26. The normalized spacial score (nSPS) is 12.2. The Kier molecular flexibility index (Phi) is 5.13. The number of rotatable bonds is 7. The number of nitrogens with one attached hydrogen (secondary N) is 2. The quantitative estimate of drug-likeness (QED) is 0.667. The Hall–Kier alpha value is -0.890. The van der Waals surface area contributed by atoms with Crippen LogP contribution in [0.1, 0.15) is 5.76 Å². The molecule has 0 spiro atoms. The minimum Gasteiger partial charge on any atom is -0.447 e. The van der Waals surface area contributed by atoms with Gasteiger partial charge in [-0.25, -0.2) is 13.1 Å². The highest BCUT2D eigenvalue weighted by Crippen LogP contribution is 2.12. The van der Waals surface area contributed by atoms with E-state index in [9.17, 15) is 8.42 Å². The molecule has 0 radical (unpaired) electrons. The smallest absolute Gasteiger partial charge is 0.273 e. The van der Waals surface area contributed by atoms with Gasteiger partial charge in [-0.2, -0.15) is 0 Å². The first kappa shape index (κ1) is 14.2. The molecule has 1 aromatic heterocycles. The van der Waals surface area contributed by atoms with Crippen LogP contribution in [0.4, 0.5) is 0 Å². The van der Waals surface area contributed by atoms with Crippen molar-refractivity contribution in [2.45, 2.75) is 11.6 Å². The Bertz CT molecular complexity index is 439. The van der Waals surface area contributed by atoms with Gasteiger partial charge in [0.2, 0.25) is 5.09 Å². The molecule has 0 aliphatic rings. The standard InChI is InChI=1S/C10H19N3O3S/c1-11-17(14,15)10-5-4-9(16-10)8-12-6-7-13(2)3/h4-5,11-12H,6-8H2,1-3H3. The minimum absolute atomic E-state index is 0.0515. The molecule has 1 rings (SSSR count). The van der Waals surface area contributed by atoms with E-state index in [0.29, 0.717) is 12.3 Å². The second-order valence-corrected chi connectivity index (χ2v) is 5.73. The molecule has 1 aromatic rings.